The summed E-state index contributed by atoms with van der Waals surface area (Å²) in [6.07, 6.45) is -4.10. The quantitative estimate of drug-likeness (QED) is 0.620. The molecular weight excluding hydrogens is 345 g/mol. The highest BCUT2D eigenvalue weighted by molar-refractivity contribution is 6.26. The van der Waals surface area contributed by atoms with E-state index in [-0.39, 0.29) is 0 Å². The van der Waals surface area contributed by atoms with Gasteiger partial charge < -0.3 is 19.9 Å². The summed E-state index contributed by atoms with van der Waals surface area (Å²) in [7, 11) is 0. The Kier molecular flexibility index (Phi) is 4.67. The molecule has 0 saturated carbocycles. The topological polar surface area (TPSA) is 70.8 Å². The van der Waals surface area contributed by atoms with Gasteiger partial charge in [-0.05, 0) is 44.0 Å². The predicted molar refractivity (Wildman–Crippen MR) is 64.5 cm³/mol. The summed E-state index contributed by atoms with van der Waals surface area (Å²) in [5, 5.41) is -9.30. The van der Waals surface area contributed by atoms with Gasteiger partial charge in [-0.25, -0.2) is 4.79 Å². The molecule has 11 heteroatoms. The van der Waals surface area contributed by atoms with Crippen LogP contribution in [0.2, 0.25) is 0 Å². The maximum absolute atomic E-state index is 13.4. The molecule has 1 aliphatic heterocycles. The second-order valence-corrected chi connectivity index (χ2v) is 5.95. The molecule has 1 fully saturated rings. The van der Waals surface area contributed by atoms with Gasteiger partial charge in [0.15, 0.2) is 0 Å². The monoisotopic (exact) mass is 357 g/mol. The first kappa shape index (κ1) is 18.5. The van der Waals surface area contributed by atoms with E-state index in [9.17, 15) is 22.4 Å². The number of carbonyl (C=O) groups is 1. The lowest BCUT2D eigenvalue weighted by Gasteiger charge is -2.36. The maximum Gasteiger partial charge on any atom is 0.405 e. The lowest BCUT2D eigenvalue weighted by atomic mass is 9.97. The van der Waals surface area contributed by atoms with Crippen LogP contribution in [0, 0.1) is 0 Å². The summed E-state index contributed by atoms with van der Waals surface area (Å²) in [6, 6.07) is 0. The number of ether oxygens (including phenoxy) is 3. The standard InChI is InChI=1S/C10H13Cl2F4NO4/c1-4-5(7(2,3)21-6(17)18)20-8(19-4,9(11,13)14)10(12,15)16/h4-5H,1-3H3,(H2,17,18). The highest BCUT2D eigenvalue weighted by atomic mass is 35.5. The minimum Gasteiger partial charge on any atom is -0.441 e. The molecule has 2 N–H and O–H groups in total. The highest BCUT2D eigenvalue weighted by Crippen LogP contribution is 2.55. The molecule has 1 heterocycles. The maximum atomic E-state index is 13.4. The van der Waals surface area contributed by atoms with Gasteiger partial charge in [-0.2, -0.15) is 17.6 Å². The van der Waals surface area contributed by atoms with Crippen molar-refractivity contribution in [3.8, 4) is 0 Å². The average Bonchev–Trinajstić information content (AvgIpc) is 2.53. The second-order valence-electron chi connectivity index (χ2n) is 5.00. The van der Waals surface area contributed by atoms with Crippen LogP contribution in [-0.2, 0) is 14.2 Å². The van der Waals surface area contributed by atoms with Crippen molar-refractivity contribution in [1.29, 1.82) is 0 Å². The summed E-state index contributed by atoms with van der Waals surface area (Å²) < 4.78 is 67.4. The van der Waals surface area contributed by atoms with Gasteiger partial charge in [-0.1, -0.05) is 0 Å². The van der Waals surface area contributed by atoms with Gasteiger partial charge in [0.1, 0.15) is 11.7 Å². The van der Waals surface area contributed by atoms with Crippen LogP contribution < -0.4 is 5.73 Å². The van der Waals surface area contributed by atoms with Crippen molar-refractivity contribution < 1.29 is 36.6 Å². The molecule has 0 bridgehead atoms. The third-order valence-electron chi connectivity index (χ3n) is 2.87. The van der Waals surface area contributed by atoms with E-state index in [1.54, 1.807) is 0 Å². The van der Waals surface area contributed by atoms with Gasteiger partial charge in [0, 0.05) is 0 Å². The fourth-order valence-electron chi connectivity index (χ4n) is 2.08. The van der Waals surface area contributed by atoms with Crippen LogP contribution in [0.25, 0.3) is 0 Å². The van der Waals surface area contributed by atoms with Crippen molar-refractivity contribution in [2.24, 2.45) is 5.73 Å². The van der Waals surface area contributed by atoms with E-state index in [0.717, 1.165) is 6.92 Å². The first-order valence-electron chi connectivity index (χ1n) is 5.61. The van der Waals surface area contributed by atoms with Gasteiger partial charge in [0.2, 0.25) is 0 Å². The van der Waals surface area contributed by atoms with Crippen molar-refractivity contribution >= 4 is 29.3 Å². The van der Waals surface area contributed by atoms with Crippen LogP contribution >= 0.6 is 23.2 Å². The third kappa shape index (κ3) is 3.30. The Balaban J connectivity index is 3.20. The number of rotatable bonds is 4. The average molecular weight is 358 g/mol. The number of alkyl halides is 6. The Hall–Kier alpha value is -0.510. The molecule has 0 aromatic heterocycles. The SMILES string of the molecule is CC1OC(C(F)(F)Cl)(C(F)(F)Cl)OC1C(C)(C)OC(N)=O. The first-order chi connectivity index (χ1) is 9.14. The summed E-state index contributed by atoms with van der Waals surface area (Å²) in [6.45, 7) is 3.60. The van der Waals surface area contributed by atoms with E-state index >= 15 is 0 Å². The fourth-order valence-corrected chi connectivity index (χ4v) is 2.54. The van der Waals surface area contributed by atoms with Crippen LogP contribution in [0.15, 0.2) is 0 Å². The minimum atomic E-state index is -4.65. The number of hydrogen-bond donors (Lipinski definition) is 1. The zero-order valence-corrected chi connectivity index (χ0v) is 12.6. The van der Waals surface area contributed by atoms with Crippen molar-refractivity contribution in [2.75, 3.05) is 0 Å². The van der Waals surface area contributed by atoms with Crippen LogP contribution in [-0.4, -0.2) is 40.5 Å². The predicted octanol–water partition coefficient (Wildman–Crippen LogP) is 3.02. The molecule has 21 heavy (non-hydrogen) atoms. The van der Waals surface area contributed by atoms with Gasteiger partial charge in [-0.3, -0.25) is 0 Å². The number of amides is 1. The summed E-state index contributed by atoms with van der Waals surface area (Å²) in [5.41, 5.74) is 3.18. The Labute approximate surface area is 127 Å². The van der Waals surface area contributed by atoms with E-state index < -0.39 is 40.5 Å². The zero-order valence-electron chi connectivity index (χ0n) is 11.1. The van der Waals surface area contributed by atoms with Crippen LogP contribution in [0.3, 0.4) is 0 Å². The highest BCUT2D eigenvalue weighted by Gasteiger charge is 2.76. The van der Waals surface area contributed by atoms with Crippen LogP contribution in [0.4, 0.5) is 22.4 Å². The number of hydrogen-bond acceptors (Lipinski definition) is 4. The molecule has 1 saturated heterocycles. The number of primary amides is 1. The van der Waals surface area contributed by atoms with E-state index in [2.05, 4.69) is 37.4 Å². The van der Waals surface area contributed by atoms with E-state index in [1.165, 1.54) is 13.8 Å². The molecule has 1 rings (SSSR count). The summed E-state index contributed by atoms with van der Waals surface area (Å²) in [4.78, 5) is 10.8. The number of carbonyl (C=O) groups excluding carboxylic acids is 1. The molecule has 0 aromatic carbocycles. The van der Waals surface area contributed by atoms with Gasteiger partial charge in [0.05, 0.1) is 6.10 Å². The van der Waals surface area contributed by atoms with Gasteiger partial charge in [0.25, 0.3) is 0 Å². The van der Waals surface area contributed by atoms with Crippen LogP contribution in [0.5, 0.6) is 0 Å². The molecule has 1 amide bonds. The molecule has 0 radical (unpaired) electrons. The summed E-state index contributed by atoms with van der Waals surface area (Å²) >= 11 is 9.37. The fraction of sp³-hybridized carbons (Fsp3) is 0.900. The normalized spacial score (nSPS) is 26.7. The van der Waals surface area contributed by atoms with Gasteiger partial charge >= 0.3 is 22.6 Å². The molecule has 0 spiro atoms. The van der Waals surface area contributed by atoms with E-state index in [1.807, 2.05) is 0 Å². The Bertz CT molecular complexity index is 410. The molecular formula is C10H13Cl2F4NO4. The molecule has 5 nitrogen and oxygen atoms in total. The Morgan fingerprint density at radius 1 is 1.19 bits per heavy atom. The minimum absolute atomic E-state index is 1.16. The van der Waals surface area contributed by atoms with E-state index in [0.29, 0.717) is 0 Å². The molecule has 1 aliphatic rings. The third-order valence-corrected chi connectivity index (χ3v) is 3.36. The Morgan fingerprint density at radius 2 is 1.62 bits per heavy atom. The molecule has 2 atom stereocenters. The largest absolute Gasteiger partial charge is 0.441 e. The van der Waals surface area contributed by atoms with Crippen molar-refractivity contribution in [3.63, 3.8) is 0 Å². The zero-order chi connectivity index (χ0) is 16.9. The van der Waals surface area contributed by atoms with Gasteiger partial charge in [-0.15, -0.1) is 0 Å². The molecule has 124 valence electrons. The van der Waals surface area contributed by atoms with Crippen molar-refractivity contribution in [1.82, 2.24) is 0 Å². The Morgan fingerprint density at radius 3 is 1.90 bits per heavy atom. The molecule has 0 aromatic rings. The smallest absolute Gasteiger partial charge is 0.405 e. The molecule has 2 unspecified atom stereocenters. The van der Waals surface area contributed by atoms with Crippen molar-refractivity contribution in [3.05, 3.63) is 0 Å². The summed E-state index contributed by atoms with van der Waals surface area (Å²) in [5.74, 6) is -3.91. The second kappa shape index (κ2) is 5.29. The van der Waals surface area contributed by atoms with E-state index in [4.69, 9.17) is 5.73 Å². The lowest BCUT2D eigenvalue weighted by molar-refractivity contribution is -0.336. The van der Waals surface area contributed by atoms with Crippen molar-refractivity contribution in [2.45, 2.75) is 55.1 Å². The number of nitrogens with two attached hydrogens (primary N) is 1. The number of halogens is 6. The lowest BCUT2D eigenvalue weighted by Crippen LogP contribution is -2.58. The molecule has 0 aliphatic carbocycles. The van der Waals surface area contributed by atoms with Crippen LogP contribution in [0.1, 0.15) is 20.8 Å². The first-order valence-corrected chi connectivity index (χ1v) is 6.37.